The highest BCUT2D eigenvalue weighted by atomic mass is 16.4. The molecule has 1 aromatic carbocycles. The molecule has 3 rings (SSSR count). The minimum Gasteiger partial charge on any atom is -0.411 e. The Kier molecular flexibility index (Phi) is 4.18. The zero-order chi connectivity index (χ0) is 17.5. The van der Waals surface area contributed by atoms with Crippen molar-refractivity contribution in [3.63, 3.8) is 0 Å². The molecule has 130 valence electrons. The number of benzene rings is 1. The van der Waals surface area contributed by atoms with Gasteiger partial charge in [0, 0.05) is 23.2 Å². The monoisotopic (exact) mass is 328 g/mol. The van der Waals surface area contributed by atoms with Gasteiger partial charge in [0.05, 0.1) is 11.9 Å². The van der Waals surface area contributed by atoms with Crippen LogP contribution in [0.3, 0.4) is 0 Å². The van der Waals surface area contributed by atoms with E-state index in [9.17, 15) is 10.4 Å². The standard InChI is InChI=1S/C20H28N2O2/c1-13(2)14-6-7-16-15(10-14)11-17(22-24)18-19(3,12-21-23)8-5-9-20(16,18)4/h6-7,10,12-13,18,23-24H,5,8-9,11H2,1-4H3/b21-12+,22-17+/t18-,19-,20+/m0/s1. The average molecular weight is 328 g/mol. The van der Waals surface area contributed by atoms with Gasteiger partial charge in [-0.25, -0.2) is 0 Å². The Morgan fingerprint density at radius 1 is 1.21 bits per heavy atom. The fourth-order valence-corrected chi connectivity index (χ4v) is 5.23. The Hall–Kier alpha value is -1.84. The molecular weight excluding hydrogens is 300 g/mol. The van der Waals surface area contributed by atoms with E-state index >= 15 is 0 Å². The first-order valence-corrected chi connectivity index (χ1v) is 8.88. The largest absolute Gasteiger partial charge is 0.411 e. The van der Waals surface area contributed by atoms with Crippen molar-refractivity contribution >= 4 is 11.9 Å². The molecule has 0 aromatic heterocycles. The van der Waals surface area contributed by atoms with E-state index in [1.165, 1.54) is 16.7 Å². The van der Waals surface area contributed by atoms with E-state index in [-0.39, 0.29) is 16.7 Å². The second-order valence-corrected chi connectivity index (χ2v) is 8.29. The lowest BCUT2D eigenvalue weighted by atomic mass is 9.49. The highest BCUT2D eigenvalue weighted by Crippen LogP contribution is 2.55. The van der Waals surface area contributed by atoms with Crippen LogP contribution in [0.15, 0.2) is 28.5 Å². The van der Waals surface area contributed by atoms with Crippen molar-refractivity contribution in [1.82, 2.24) is 0 Å². The molecule has 3 atom stereocenters. The molecule has 0 saturated heterocycles. The summed E-state index contributed by atoms with van der Waals surface area (Å²) in [5.74, 6) is 0.533. The molecule has 2 aliphatic carbocycles. The molecule has 24 heavy (non-hydrogen) atoms. The van der Waals surface area contributed by atoms with Crippen LogP contribution in [-0.4, -0.2) is 22.3 Å². The second kappa shape index (κ2) is 5.91. The van der Waals surface area contributed by atoms with Crippen LogP contribution in [0, 0.1) is 11.3 Å². The van der Waals surface area contributed by atoms with E-state index in [1.54, 1.807) is 6.21 Å². The lowest BCUT2D eigenvalue weighted by Crippen LogP contribution is -2.54. The number of rotatable bonds is 2. The minimum absolute atomic E-state index is 0.0528. The van der Waals surface area contributed by atoms with Crippen molar-refractivity contribution in [2.75, 3.05) is 0 Å². The molecule has 0 aliphatic heterocycles. The first-order chi connectivity index (χ1) is 11.4. The summed E-state index contributed by atoms with van der Waals surface area (Å²) in [7, 11) is 0. The first kappa shape index (κ1) is 17.0. The number of hydrogen-bond donors (Lipinski definition) is 2. The van der Waals surface area contributed by atoms with Crippen LogP contribution in [0.1, 0.15) is 69.6 Å². The molecule has 0 amide bonds. The van der Waals surface area contributed by atoms with E-state index in [2.05, 4.69) is 56.2 Å². The van der Waals surface area contributed by atoms with Gasteiger partial charge in [0.15, 0.2) is 0 Å². The van der Waals surface area contributed by atoms with Gasteiger partial charge in [0.25, 0.3) is 0 Å². The summed E-state index contributed by atoms with van der Waals surface area (Å²) < 4.78 is 0. The van der Waals surface area contributed by atoms with E-state index in [0.717, 1.165) is 25.0 Å². The summed E-state index contributed by atoms with van der Waals surface area (Å²) in [6.07, 6.45) is 5.38. The smallest absolute Gasteiger partial charge is 0.0663 e. The average Bonchev–Trinajstić information content (AvgIpc) is 2.53. The Bertz CT molecular complexity index is 695. The van der Waals surface area contributed by atoms with Gasteiger partial charge < -0.3 is 10.4 Å². The lowest BCUT2D eigenvalue weighted by Gasteiger charge is -2.53. The highest BCUT2D eigenvalue weighted by Gasteiger charge is 2.54. The van der Waals surface area contributed by atoms with Crippen molar-refractivity contribution in [3.05, 3.63) is 34.9 Å². The minimum atomic E-state index is -0.294. The third-order valence-corrected chi connectivity index (χ3v) is 6.31. The molecule has 4 heteroatoms. The Morgan fingerprint density at radius 2 is 1.96 bits per heavy atom. The summed E-state index contributed by atoms with van der Waals surface area (Å²) in [6.45, 7) is 8.79. The van der Waals surface area contributed by atoms with Crippen LogP contribution in [0.25, 0.3) is 0 Å². The molecule has 0 spiro atoms. The molecule has 0 radical (unpaired) electrons. The quantitative estimate of drug-likeness (QED) is 0.468. The maximum absolute atomic E-state index is 9.73. The highest BCUT2D eigenvalue weighted by molar-refractivity contribution is 5.95. The molecule has 0 unspecified atom stereocenters. The SMILES string of the molecule is CC(C)c1ccc2c(c1)C/C(=N\O)[C@H]1[C@](C)(/C=N/O)CCC[C@]21C. The normalized spacial score (nSPS) is 34.5. The van der Waals surface area contributed by atoms with Crippen molar-refractivity contribution in [2.24, 2.45) is 21.6 Å². The van der Waals surface area contributed by atoms with E-state index in [0.29, 0.717) is 12.3 Å². The molecule has 4 nitrogen and oxygen atoms in total. The number of nitrogens with zero attached hydrogens (tertiary/aromatic N) is 2. The third-order valence-electron chi connectivity index (χ3n) is 6.31. The summed E-state index contributed by atoms with van der Waals surface area (Å²) in [4.78, 5) is 0. The molecule has 2 N–H and O–H groups in total. The molecule has 1 aromatic rings. The van der Waals surface area contributed by atoms with Crippen molar-refractivity contribution in [1.29, 1.82) is 0 Å². The van der Waals surface area contributed by atoms with Gasteiger partial charge in [0.2, 0.25) is 0 Å². The molecule has 0 heterocycles. The Labute approximate surface area is 144 Å². The molecule has 0 bridgehead atoms. The zero-order valence-electron chi connectivity index (χ0n) is 15.1. The fraction of sp³-hybridized carbons (Fsp3) is 0.600. The van der Waals surface area contributed by atoms with Crippen molar-refractivity contribution < 1.29 is 10.4 Å². The van der Waals surface area contributed by atoms with Crippen LogP contribution >= 0.6 is 0 Å². The van der Waals surface area contributed by atoms with Crippen LogP contribution < -0.4 is 0 Å². The predicted molar refractivity (Wildman–Crippen MR) is 96.5 cm³/mol. The fourth-order valence-electron chi connectivity index (χ4n) is 5.23. The Balaban J connectivity index is 2.18. The van der Waals surface area contributed by atoms with E-state index < -0.39 is 0 Å². The maximum Gasteiger partial charge on any atom is 0.0663 e. The van der Waals surface area contributed by atoms with Gasteiger partial charge in [0.1, 0.15) is 0 Å². The molecule has 1 saturated carbocycles. The van der Waals surface area contributed by atoms with Crippen molar-refractivity contribution in [3.8, 4) is 0 Å². The lowest BCUT2D eigenvalue weighted by molar-refractivity contribution is 0.139. The predicted octanol–water partition coefficient (Wildman–Crippen LogP) is 4.72. The van der Waals surface area contributed by atoms with Gasteiger partial charge in [-0.3, -0.25) is 0 Å². The zero-order valence-corrected chi connectivity index (χ0v) is 15.1. The van der Waals surface area contributed by atoms with E-state index in [1.807, 2.05) is 0 Å². The summed E-state index contributed by atoms with van der Waals surface area (Å²) in [6, 6.07) is 6.78. The molecule has 2 aliphatic rings. The first-order valence-electron chi connectivity index (χ1n) is 8.88. The molecular formula is C20H28N2O2. The van der Waals surface area contributed by atoms with E-state index in [4.69, 9.17) is 0 Å². The van der Waals surface area contributed by atoms with Crippen LogP contribution in [0.2, 0.25) is 0 Å². The summed E-state index contributed by atoms with van der Waals surface area (Å²) >= 11 is 0. The number of fused-ring (bicyclic) bond motifs is 3. The summed E-state index contributed by atoms with van der Waals surface area (Å²) in [5.41, 5.74) is 4.38. The molecule has 1 fully saturated rings. The Morgan fingerprint density at radius 3 is 2.58 bits per heavy atom. The topological polar surface area (TPSA) is 65.2 Å². The van der Waals surface area contributed by atoms with Gasteiger partial charge >= 0.3 is 0 Å². The van der Waals surface area contributed by atoms with Gasteiger partial charge in [-0.2, -0.15) is 0 Å². The van der Waals surface area contributed by atoms with Gasteiger partial charge in [-0.1, -0.05) is 57.5 Å². The van der Waals surface area contributed by atoms with Gasteiger partial charge in [-0.15, -0.1) is 5.16 Å². The van der Waals surface area contributed by atoms with Crippen LogP contribution in [0.4, 0.5) is 0 Å². The second-order valence-electron chi connectivity index (χ2n) is 8.29. The van der Waals surface area contributed by atoms with Crippen molar-refractivity contribution in [2.45, 2.75) is 64.7 Å². The van der Waals surface area contributed by atoms with Crippen LogP contribution in [-0.2, 0) is 11.8 Å². The number of oxime groups is 2. The maximum atomic E-state index is 9.73. The summed E-state index contributed by atoms with van der Waals surface area (Å²) in [5, 5.41) is 26.0. The number of hydrogen-bond acceptors (Lipinski definition) is 4. The van der Waals surface area contributed by atoms with Gasteiger partial charge in [-0.05, 0) is 35.4 Å². The van der Waals surface area contributed by atoms with Crippen LogP contribution in [0.5, 0.6) is 0 Å². The third kappa shape index (κ3) is 2.43.